The Bertz CT molecular complexity index is 452. The number of ketones is 1. The molecule has 0 saturated carbocycles. The summed E-state index contributed by atoms with van der Waals surface area (Å²) in [5, 5.41) is 0. The summed E-state index contributed by atoms with van der Waals surface area (Å²) in [6.45, 7) is 7.66. The third-order valence-electron chi connectivity index (χ3n) is 2.45. The van der Waals surface area contributed by atoms with Gasteiger partial charge >= 0.3 is 110 Å². The van der Waals surface area contributed by atoms with E-state index < -0.39 is 6.83 Å². The number of carbonyl (C=O) groups is 1. The van der Waals surface area contributed by atoms with E-state index in [0.717, 1.165) is 6.16 Å². The van der Waals surface area contributed by atoms with Gasteiger partial charge in [-0.25, -0.2) is 0 Å². The molecule has 1 rings (SSSR count). The average molecular weight is 266 g/mol. The minimum atomic E-state index is -2.27. The Morgan fingerprint density at radius 2 is 1.72 bits per heavy atom. The number of hydrogen-bond acceptors (Lipinski definition) is 2. The zero-order valence-electron chi connectivity index (χ0n) is 11.9. The van der Waals surface area contributed by atoms with Gasteiger partial charge in [-0.15, -0.1) is 0 Å². The maximum atomic E-state index is 11.1. The van der Waals surface area contributed by atoms with Crippen molar-refractivity contribution in [2.45, 2.75) is 20.0 Å². The summed E-state index contributed by atoms with van der Waals surface area (Å²) in [5.41, 5.74) is 1.28. The zero-order chi connectivity index (χ0) is 13.8. The van der Waals surface area contributed by atoms with Crippen molar-refractivity contribution < 1.29 is 9.32 Å². The second-order valence-electron chi connectivity index (χ2n) is 6.07. The summed E-state index contributed by atoms with van der Waals surface area (Å²) in [4.78, 5) is 11.1. The Morgan fingerprint density at radius 1 is 1.17 bits per heavy atom. The zero-order valence-corrected chi connectivity index (χ0v) is 12.8. The summed E-state index contributed by atoms with van der Waals surface area (Å²) in [6, 6.07) is 10.3. The van der Waals surface area contributed by atoms with Gasteiger partial charge in [-0.05, 0) is 0 Å². The van der Waals surface area contributed by atoms with Crippen LogP contribution in [0.25, 0.3) is 0 Å². The third kappa shape index (κ3) is 5.46. The first-order valence-electron chi connectivity index (χ1n) is 6.09. The average Bonchev–Trinajstić information content (AvgIpc) is 2.13. The van der Waals surface area contributed by atoms with E-state index in [-0.39, 0.29) is 5.78 Å². The molecule has 0 fully saturated rings. The molecule has 0 radical (unpaired) electrons. The van der Waals surface area contributed by atoms with Gasteiger partial charge in [0.05, 0.1) is 0 Å². The van der Waals surface area contributed by atoms with Crippen LogP contribution in [0.5, 0.6) is 0 Å². The number of benzene rings is 1. The summed E-state index contributed by atoms with van der Waals surface area (Å²) in [5.74, 6) is 0.739. The fourth-order valence-electron chi connectivity index (χ4n) is 2.08. The third-order valence-corrected chi connectivity index (χ3v) is 4.86. The van der Waals surface area contributed by atoms with Crippen LogP contribution >= 0.6 is 6.83 Å². The van der Waals surface area contributed by atoms with E-state index in [4.69, 9.17) is 4.52 Å². The van der Waals surface area contributed by atoms with E-state index in [1.54, 1.807) is 13.0 Å². The topological polar surface area (TPSA) is 26.3 Å². The Balaban J connectivity index is 2.85. The second kappa shape index (κ2) is 5.24. The Kier molecular flexibility index (Phi) is 4.34. The standard InChI is InChI=1S/C15H23O2P/c1-13(16)11-14(2)17-18(3,4,5)12-15-9-7-6-8-10-15/h6-11H,12H2,1-5H3/b14-11-. The van der Waals surface area contributed by atoms with Crippen LogP contribution in [0, 0.1) is 0 Å². The predicted octanol–water partition coefficient (Wildman–Crippen LogP) is 4.05. The first-order chi connectivity index (χ1) is 8.16. The van der Waals surface area contributed by atoms with Crippen molar-refractivity contribution in [2.75, 3.05) is 20.0 Å². The van der Waals surface area contributed by atoms with E-state index in [1.807, 2.05) is 25.1 Å². The van der Waals surface area contributed by atoms with Gasteiger partial charge in [0.1, 0.15) is 0 Å². The van der Waals surface area contributed by atoms with Crippen LogP contribution in [0.15, 0.2) is 42.2 Å². The van der Waals surface area contributed by atoms with Gasteiger partial charge in [0.25, 0.3) is 0 Å². The molecule has 0 amide bonds. The van der Waals surface area contributed by atoms with Crippen molar-refractivity contribution in [2.24, 2.45) is 0 Å². The van der Waals surface area contributed by atoms with Crippen LogP contribution < -0.4 is 0 Å². The molecule has 0 aromatic heterocycles. The van der Waals surface area contributed by atoms with Crippen LogP contribution in [0.1, 0.15) is 19.4 Å². The molecule has 0 bridgehead atoms. The van der Waals surface area contributed by atoms with Gasteiger partial charge in [0.2, 0.25) is 0 Å². The van der Waals surface area contributed by atoms with Gasteiger partial charge in [-0.1, -0.05) is 0 Å². The normalized spacial score (nSPS) is 14.7. The van der Waals surface area contributed by atoms with Gasteiger partial charge < -0.3 is 0 Å². The maximum absolute atomic E-state index is 11.1. The molecule has 0 aliphatic rings. The SMILES string of the molecule is CC(=O)/C=C(/C)OP(C)(C)(C)Cc1ccccc1. The fourth-order valence-corrected chi connectivity index (χ4v) is 4.72. The Hall–Kier alpha value is -1.14. The van der Waals surface area contributed by atoms with E-state index in [2.05, 4.69) is 32.1 Å². The molecule has 0 aliphatic heterocycles. The Labute approximate surface area is 110 Å². The van der Waals surface area contributed by atoms with Crippen LogP contribution in [-0.2, 0) is 15.5 Å². The van der Waals surface area contributed by atoms with Crippen LogP contribution in [0.3, 0.4) is 0 Å². The molecule has 0 spiro atoms. The first-order valence-corrected chi connectivity index (χ1v) is 9.77. The van der Waals surface area contributed by atoms with E-state index in [9.17, 15) is 4.79 Å². The first kappa shape index (κ1) is 14.9. The van der Waals surface area contributed by atoms with Crippen molar-refractivity contribution in [3.8, 4) is 0 Å². The molecule has 0 atom stereocenters. The molecule has 0 aliphatic carbocycles. The van der Waals surface area contributed by atoms with Gasteiger partial charge in [0.15, 0.2) is 0 Å². The molecule has 3 heteroatoms. The number of rotatable bonds is 5. The monoisotopic (exact) mass is 266 g/mol. The molecular formula is C15H23O2P. The fraction of sp³-hybridized carbons (Fsp3) is 0.400. The number of carbonyl (C=O) groups excluding carboxylic acids is 1. The van der Waals surface area contributed by atoms with Crippen molar-refractivity contribution in [3.63, 3.8) is 0 Å². The van der Waals surface area contributed by atoms with Gasteiger partial charge in [-0.3, -0.25) is 0 Å². The predicted molar refractivity (Wildman–Crippen MR) is 80.4 cm³/mol. The van der Waals surface area contributed by atoms with E-state index >= 15 is 0 Å². The van der Waals surface area contributed by atoms with Crippen molar-refractivity contribution in [1.82, 2.24) is 0 Å². The molecular weight excluding hydrogens is 243 g/mol. The quantitative estimate of drug-likeness (QED) is 0.456. The van der Waals surface area contributed by atoms with Crippen LogP contribution in [0.4, 0.5) is 0 Å². The number of hydrogen-bond donors (Lipinski definition) is 0. The summed E-state index contributed by atoms with van der Waals surface area (Å²) < 4.78 is 6.11. The van der Waals surface area contributed by atoms with Crippen molar-refractivity contribution in [3.05, 3.63) is 47.7 Å². The second-order valence-corrected chi connectivity index (χ2v) is 12.5. The molecule has 100 valence electrons. The number of allylic oxidation sites excluding steroid dienone is 2. The van der Waals surface area contributed by atoms with E-state index in [1.165, 1.54) is 5.56 Å². The molecule has 18 heavy (non-hydrogen) atoms. The molecule has 1 aromatic carbocycles. The van der Waals surface area contributed by atoms with Gasteiger partial charge in [-0.2, -0.15) is 0 Å². The molecule has 0 heterocycles. The van der Waals surface area contributed by atoms with Crippen LogP contribution in [0.2, 0.25) is 0 Å². The molecule has 0 unspecified atom stereocenters. The molecule has 0 N–H and O–H groups in total. The summed E-state index contributed by atoms with van der Waals surface area (Å²) in [7, 11) is 0. The van der Waals surface area contributed by atoms with Crippen LogP contribution in [-0.4, -0.2) is 25.8 Å². The minimum absolute atomic E-state index is 0.0270. The molecule has 2 nitrogen and oxygen atoms in total. The van der Waals surface area contributed by atoms with Crippen molar-refractivity contribution in [1.29, 1.82) is 0 Å². The molecule has 1 aromatic rings. The molecule has 0 saturated heterocycles. The Morgan fingerprint density at radius 3 is 2.22 bits per heavy atom. The summed E-state index contributed by atoms with van der Waals surface area (Å²) >= 11 is 0. The van der Waals surface area contributed by atoms with E-state index in [0.29, 0.717) is 5.76 Å². The van der Waals surface area contributed by atoms with Crippen molar-refractivity contribution >= 4 is 12.6 Å². The summed E-state index contributed by atoms with van der Waals surface area (Å²) in [6.07, 6.45) is 2.47. The van der Waals surface area contributed by atoms with Gasteiger partial charge in [0, 0.05) is 0 Å².